The molecule has 1 saturated heterocycles. The largest absolute Gasteiger partial charge is 0.330 e. The molecule has 0 saturated carbocycles. The van der Waals surface area contributed by atoms with Crippen molar-refractivity contribution in [1.29, 1.82) is 0 Å². The highest BCUT2D eigenvalue weighted by Crippen LogP contribution is 2.36. The molecule has 2 heterocycles. The maximum atomic E-state index is 5.88. The second-order valence-electron chi connectivity index (χ2n) is 4.43. The number of likely N-dealkylation sites (tertiary alicyclic amines) is 1. The summed E-state index contributed by atoms with van der Waals surface area (Å²) in [6.45, 7) is 8.33. The number of hydrogen-bond acceptors (Lipinski definition) is 3. The molecule has 4 heteroatoms. The number of aryl methyl sites for hydroxylation is 1. The van der Waals surface area contributed by atoms with Crippen LogP contribution in [0.2, 0.25) is 0 Å². The van der Waals surface area contributed by atoms with E-state index in [-0.39, 0.29) is 0 Å². The van der Waals surface area contributed by atoms with Crippen molar-refractivity contribution in [2.45, 2.75) is 32.9 Å². The Morgan fingerprint density at radius 2 is 2.25 bits per heavy atom. The van der Waals surface area contributed by atoms with Gasteiger partial charge in [0.2, 0.25) is 0 Å². The first-order valence-electron chi connectivity index (χ1n) is 6.27. The Morgan fingerprint density at radius 3 is 2.88 bits per heavy atom. The zero-order chi connectivity index (χ0) is 11.5. The number of hydrogen-bond donors (Lipinski definition) is 1. The molecule has 0 spiro atoms. The molecule has 2 unspecified atom stereocenters. The smallest absolute Gasteiger partial charge is 0.0559 e. The fourth-order valence-corrected chi connectivity index (χ4v) is 2.82. The molecule has 0 radical (unpaired) electrons. The first kappa shape index (κ1) is 11.6. The Balaban J connectivity index is 2.28. The van der Waals surface area contributed by atoms with Gasteiger partial charge in [-0.15, -0.1) is 0 Å². The SMILES string of the molecule is CCN1CCC(CN)C1c1ccnn1CC. The van der Waals surface area contributed by atoms with E-state index in [1.54, 1.807) is 0 Å². The Kier molecular flexibility index (Phi) is 3.61. The molecule has 4 nitrogen and oxygen atoms in total. The molecule has 1 aromatic rings. The van der Waals surface area contributed by atoms with Crippen molar-refractivity contribution >= 4 is 0 Å². The number of nitrogens with zero attached hydrogens (tertiary/aromatic N) is 3. The van der Waals surface area contributed by atoms with E-state index in [9.17, 15) is 0 Å². The molecular weight excluding hydrogens is 200 g/mol. The summed E-state index contributed by atoms with van der Waals surface area (Å²) in [5.74, 6) is 0.585. The third-order valence-corrected chi connectivity index (χ3v) is 3.69. The maximum absolute atomic E-state index is 5.88. The normalized spacial score (nSPS) is 26.4. The molecule has 90 valence electrons. The molecule has 1 fully saturated rings. The molecular formula is C12H22N4. The van der Waals surface area contributed by atoms with Gasteiger partial charge in [0.1, 0.15) is 0 Å². The third-order valence-electron chi connectivity index (χ3n) is 3.69. The van der Waals surface area contributed by atoms with Crippen LogP contribution in [0.3, 0.4) is 0 Å². The van der Waals surface area contributed by atoms with Crippen molar-refractivity contribution in [1.82, 2.24) is 14.7 Å². The fourth-order valence-electron chi connectivity index (χ4n) is 2.82. The standard InChI is InChI=1S/C12H22N4/c1-3-15-8-6-10(9-13)12(15)11-5-7-14-16(11)4-2/h5,7,10,12H,3-4,6,8-9,13H2,1-2H3. The summed E-state index contributed by atoms with van der Waals surface area (Å²) in [6.07, 6.45) is 3.11. The van der Waals surface area contributed by atoms with E-state index in [0.29, 0.717) is 12.0 Å². The van der Waals surface area contributed by atoms with Crippen LogP contribution in [0.15, 0.2) is 12.3 Å². The van der Waals surface area contributed by atoms with E-state index in [1.807, 2.05) is 6.20 Å². The van der Waals surface area contributed by atoms with Gasteiger partial charge in [-0.25, -0.2) is 0 Å². The van der Waals surface area contributed by atoms with E-state index in [4.69, 9.17) is 5.73 Å². The summed E-state index contributed by atoms with van der Waals surface area (Å²) in [5.41, 5.74) is 7.21. The molecule has 2 rings (SSSR count). The van der Waals surface area contributed by atoms with Crippen molar-refractivity contribution in [3.63, 3.8) is 0 Å². The van der Waals surface area contributed by atoms with Crippen molar-refractivity contribution in [2.24, 2.45) is 11.7 Å². The highest BCUT2D eigenvalue weighted by Gasteiger charge is 2.35. The van der Waals surface area contributed by atoms with Crippen LogP contribution in [0, 0.1) is 5.92 Å². The van der Waals surface area contributed by atoms with Crippen molar-refractivity contribution in [2.75, 3.05) is 19.6 Å². The van der Waals surface area contributed by atoms with Crippen molar-refractivity contribution < 1.29 is 0 Å². The Bertz CT molecular complexity index is 322. The van der Waals surface area contributed by atoms with Crippen molar-refractivity contribution in [3.05, 3.63) is 18.0 Å². The van der Waals surface area contributed by atoms with Gasteiger partial charge < -0.3 is 5.73 Å². The lowest BCUT2D eigenvalue weighted by Crippen LogP contribution is -2.30. The van der Waals surface area contributed by atoms with Gasteiger partial charge in [-0.3, -0.25) is 9.58 Å². The lowest BCUT2D eigenvalue weighted by Gasteiger charge is -2.27. The predicted octanol–water partition coefficient (Wildman–Crippen LogP) is 1.24. The van der Waals surface area contributed by atoms with Gasteiger partial charge in [-0.05, 0) is 45.0 Å². The number of aromatic nitrogens is 2. The summed E-state index contributed by atoms with van der Waals surface area (Å²) in [7, 11) is 0. The monoisotopic (exact) mass is 222 g/mol. The molecule has 0 aromatic carbocycles. The molecule has 2 atom stereocenters. The average molecular weight is 222 g/mol. The minimum Gasteiger partial charge on any atom is -0.330 e. The molecule has 0 aliphatic carbocycles. The van der Waals surface area contributed by atoms with Crippen LogP contribution >= 0.6 is 0 Å². The van der Waals surface area contributed by atoms with Crippen LogP contribution < -0.4 is 5.73 Å². The molecule has 1 aliphatic rings. The Hall–Kier alpha value is -0.870. The summed E-state index contributed by atoms with van der Waals surface area (Å²) in [6, 6.07) is 2.61. The predicted molar refractivity (Wildman–Crippen MR) is 65.1 cm³/mol. The van der Waals surface area contributed by atoms with Gasteiger partial charge in [-0.1, -0.05) is 6.92 Å². The fraction of sp³-hybridized carbons (Fsp3) is 0.750. The molecule has 1 aromatic heterocycles. The van der Waals surface area contributed by atoms with Crippen LogP contribution in [-0.2, 0) is 6.54 Å². The lowest BCUT2D eigenvalue weighted by atomic mass is 9.97. The number of rotatable bonds is 4. The summed E-state index contributed by atoms with van der Waals surface area (Å²) < 4.78 is 2.10. The van der Waals surface area contributed by atoms with Crippen LogP contribution in [0.4, 0.5) is 0 Å². The Labute approximate surface area is 97.4 Å². The van der Waals surface area contributed by atoms with Gasteiger partial charge in [-0.2, -0.15) is 5.10 Å². The summed E-state index contributed by atoms with van der Waals surface area (Å²) >= 11 is 0. The average Bonchev–Trinajstić information content (AvgIpc) is 2.93. The van der Waals surface area contributed by atoms with E-state index in [0.717, 1.165) is 26.2 Å². The zero-order valence-corrected chi connectivity index (χ0v) is 10.3. The molecule has 0 amide bonds. The first-order valence-corrected chi connectivity index (χ1v) is 6.27. The van der Waals surface area contributed by atoms with Gasteiger partial charge >= 0.3 is 0 Å². The maximum Gasteiger partial charge on any atom is 0.0559 e. The van der Waals surface area contributed by atoms with Gasteiger partial charge in [0, 0.05) is 12.7 Å². The quantitative estimate of drug-likeness (QED) is 0.834. The van der Waals surface area contributed by atoms with Crippen LogP contribution in [0.1, 0.15) is 32.0 Å². The van der Waals surface area contributed by atoms with Gasteiger partial charge in [0.25, 0.3) is 0 Å². The lowest BCUT2D eigenvalue weighted by molar-refractivity contribution is 0.229. The van der Waals surface area contributed by atoms with E-state index in [2.05, 4.69) is 34.6 Å². The summed E-state index contributed by atoms with van der Waals surface area (Å²) in [5, 5.41) is 4.37. The minimum atomic E-state index is 0.470. The minimum absolute atomic E-state index is 0.470. The molecule has 0 bridgehead atoms. The molecule has 16 heavy (non-hydrogen) atoms. The second-order valence-corrected chi connectivity index (χ2v) is 4.43. The topological polar surface area (TPSA) is 47.1 Å². The van der Waals surface area contributed by atoms with Gasteiger partial charge in [0.05, 0.1) is 11.7 Å². The highest BCUT2D eigenvalue weighted by atomic mass is 15.3. The van der Waals surface area contributed by atoms with E-state index in [1.165, 1.54) is 12.1 Å². The second kappa shape index (κ2) is 4.97. The summed E-state index contributed by atoms with van der Waals surface area (Å²) in [4.78, 5) is 2.51. The Morgan fingerprint density at radius 1 is 1.44 bits per heavy atom. The van der Waals surface area contributed by atoms with E-state index < -0.39 is 0 Å². The van der Waals surface area contributed by atoms with Crippen molar-refractivity contribution in [3.8, 4) is 0 Å². The van der Waals surface area contributed by atoms with Gasteiger partial charge in [0.15, 0.2) is 0 Å². The van der Waals surface area contributed by atoms with Crippen LogP contribution in [0.5, 0.6) is 0 Å². The third kappa shape index (κ3) is 1.87. The van der Waals surface area contributed by atoms with E-state index >= 15 is 0 Å². The highest BCUT2D eigenvalue weighted by molar-refractivity contribution is 5.11. The molecule has 1 aliphatic heterocycles. The molecule has 2 N–H and O–H groups in total. The first-order chi connectivity index (χ1) is 7.81. The van der Waals surface area contributed by atoms with Crippen LogP contribution in [-0.4, -0.2) is 34.3 Å². The number of nitrogens with two attached hydrogens (primary N) is 1. The zero-order valence-electron chi connectivity index (χ0n) is 10.3. The van der Waals surface area contributed by atoms with Crippen LogP contribution in [0.25, 0.3) is 0 Å².